The Morgan fingerprint density at radius 1 is 1.36 bits per heavy atom. The number of hydrogen-bond donors (Lipinski definition) is 1. The minimum Gasteiger partial charge on any atom is -0.462 e. The molecule has 1 rings (SSSR count). The fraction of sp³-hybridized carbons (Fsp3) is 0.900. The van der Waals surface area contributed by atoms with Crippen LogP contribution in [-0.4, -0.2) is 31.8 Å². The summed E-state index contributed by atoms with van der Waals surface area (Å²) in [4.78, 5) is 11.3. The molecule has 0 aromatic carbocycles. The Kier molecular flexibility index (Phi) is 5.56. The molecule has 0 amide bonds. The van der Waals surface area contributed by atoms with Gasteiger partial charge in [-0.25, -0.2) is 0 Å². The molecule has 1 saturated heterocycles. The zero-order chi connectivity index (χ0) is 10.2. The van der Waals surface area contributed by atoms with Gasteiger partial charge >= 0.3 is 5.97 Å². The van der Waals surface area contributed by atoms with E-state index in [2.05, 4.69) is 0 Å². The van der Waals surface area contributed by atoms with Crippen LogP contribution in [0.1, 0.15) is 32.1 Å². The van der Waals surface area contributed by atoms with Crippen molar-refractivity contribution in [2.45, 2.75) is 38.2 Å². The molecule has 1 aliphatic heterocycles. The quantitative estimate of drug-likeness (QED) is 0.529. The maximum atomic E-state index is 11.3. The Hall–Kier alpha value is -0.610. The SMILES string of the molecule is NCCCCC(=O)OC1CCOCC1. The van der Waals surface area contributed by atoms with Crippen molar-refractivity contribution in [1.29, 1.82) is 0 Å². The van der Waals surface area contributed by atoms with Crippen LogP contribution in [-0.2, 0) is 14.3 Å². The van der Waals surface area contributed by atoms with Crippen LogP contribution < -0.4 is 5.73 Å². The summed E-state index contributed by atoms with van der Waals surface area (Å²) in [5.41, 5.74) is 5.33. The maximum absolute atomic E-state index is 11.3. The molecule has 14 heavy (non-hydrogen) atoms. The number of rotatable bonds is 5. The summed E-state index contributed by atoms with van der Waals surface area (Å²) in [6, 6.07) is 0. The minimum absolute atomic E-state index is 0.0779. The molecule has 0 unspecified atom stereocenters. The summed E-state index contributed by atoms with van der Waals surface area (Å²) in [6.07, 6.45) is 3.97. The zero-order valence-corrected chi connectivity index (χ0v) is 8.54. The molecular formula is C10H19NO3. The summed E-state index contributed by atoms with van der Waals surface area (Å²) in [6.45, 7) is 2.06. The third-order valence-electron chi connectivity index (χ3n) is 2.30. The monoisotopic (exact) mass is 201 g/mol. The van der Waals surface area contributed by atoms with Crippen LogP contribution in [0.2, 0.25) is 0 Å². The molecule has 4 nitrogen and oxygen atoms in total. The van der Waals surface area contributed by atoms with E-state index in [9.17, 15) is 4.79 Å². The van der Waals surface area contributed by atoms with Crippen LogP contribution in [0.4, 0.5) is 0 Å². The standard InChI is InChI=1S/C10H19NO3/c11-6-2-1-3-10(12)14-9-4-7-13-8-5-9/h9H,1-8,11H2. The molecule has 0 aliphatic carbocycles. The lowest BCUT2D eigenvalue weighted by atomic mass is 10.1. The molecule has 0 aromatic heterocycles. The molecule has 82 valence electrons. The molecule has 4 heteroatoms. The summed E-state index contributed by atoms with van der Waals surface area (Å²) in [5.74, 6) is -0.0923. The van der Waals surface area contributed by atoms with Crippen LogP contribution >= 0.6 is 0 Å². The number of esters is 1. The van der Waals surface area contributed by atoms with Gasteiger partial charge in [0.1, 0.15) is 6.10 Å². The highest BCUT2D eigenvalue weighted by Crippen LogP contribution is 2.12. The van der Waals surface area contributed by atoms with Crippen LogP contribution in [0, 0.1) is 0 Å². The number of ether oxygens (including phenoxy) is 2. The lowest BCUT2D eigenvalue weighted by Gasteiger charge is -2.22. The first kappa shape index (κ1) is 11.5. The van der Waals surface area contributed by atoms with E-state index in [4.69, 9.17) is 15.2 Å². The van der Waals surface area contributed by atoms with Gasteiger partial charge in [0.2, 0.25) is 0 Å². The van der Waals surface area contributed by atoms with Crippen molar-refractivity contribution in [2.24, 2.45) is 5.73 Å². The van der Waals surface area contributed by atoms with E-state index >= 15 is 0 Å². The van der Waals surface area contributed by atoms with Gasteiger partial charge in [-0.05, 0) is 19.4 Å². The Balaban J connectivity index is 2.06. The predicted molar refractivity (Wildman–Crippen MR) is 52.8 cm³/mol. The second-order valence-electron chi connectivity index (χ2n) is 3.55. The second kappa shape index (κ2) is 6.79. The highest BCUT2D eigenvalue weighted by Gasteiger charge is 2.17. The molecule has 0 aromatic rings. The highest BCUT2D eigenvalue weighted by molar-refractivity contribution is 5.69. The van der Waals surface area contributed by atoms with Gasteiger partial charge in [0.25, 0.3) is 0 Å². The molecule has 0 atom stereocenters. The van der Waals surface area contributed by atoms with Crippen molar-refractivity contribution < 1.29 is 14.3 Å². The summed E-state index contributed by atoms with van der Waals surface area (Å²) in [7, 11) is 0. The van der Waals surface area contributed by atoms with E-state index < -0.39 is 0 Å². The van der Waals surface area contributed by atoms with Crippen molar-refractivity contribution in [2.75, 3.05) is 19.8 Å². The molecule has 0 bridgehead atoms. The topological polar surface area (TPSA) is 61.6 Å². The van der Waals surface area contributed by atoms with Crippen LogP contribution in [0.5, 0.6) is 0 Å². The van der Waals surface area contributed by atoms with Crippen molar-refractivity contribution in [1.82, 2.24) is 0 Å². The van der Waals surface area contributed by atoms with E-state index in [0.717, 1.165) is 25.7 Å². The number of nitrogens with two attached hydrogens (primary N) is 1. The van der Waals surface area contributed by atoms with E-state index in [-0.39, 0.29) is 12.1 Å². The number of carbonyl (C=O) groups excluding carboxylic acids is 1. The molecular weight excluding hydrogens is 182 g/mol. The average Bonchev–Trinajstić information content (AvgIpc) is 2.20. The average molecular weight is 201 g/mol. The fourth-order valence-electron chi connectivity index (χ4n) is 1.45. The van der Waals surface area contributed by atoms with Gasteiger partial charge in [-0.1, -0.05) is 0 Å². The largest absolute Gasteiger partial charge is 0.462 e. The van der Waals surface area contributed by atoms with E-state index in [0.29, 0.717) is 26.2 Å². The summed E-state index contributed by atoms with van der Waals surface area (Å²) >= 11 is 0. The number of carbonyl (C=O) groups is 1. The van der Waals surface area contributed by atoms with E-state index in [1.54, 1.807) is 0 Å². The Morgan fingerprint density at radius 3 is 2.71 bits per heavy atom. The Morgan fingerprint density at radius 2 is 2.07 bits per heavy atom. The summed E-state index contributed by atoms with van der Waals surface area (Å²) < 4.78 is 10.5. The lowest BCUT2D eigenvalue weighted by Crippen LogP contribution is -2.26. The number of unbranched alkanes of at least 4 members (excludes halogenated alkanes) is 1. The molecule has 0 saturated carbocycles. The molecule has 0 radical (unpaired) electrons. The Bertz CT molecular complexity index is 167. The van der Waals surface area contributed by atoms with Crippen LogP contribution in [0.15, 0.2) is 0 Å². The van der Waals surface area contributed by atoms with Crippen molar-refractivity contribution in [3.05, 3.63) is 0 Å². The smallest absolute Gasteiger partial charge is 0.306 e. The van der Waals surface area contributed by atoms with Gasteiger partial charge in [-0.3, -0.25) is 4.79 Å². The zero-order valence-electron chi connectivity index (χ0n) is 8.54. The van der Waals surface area contributed by atoms with Gasteiger partial charge in [0.05, 0.1) is 13.2 Å². The normalized spacial score (nSPS) is 18.1. The first-order valence-electron chi connectivity index (χ1n) is 5.30. The number of hydrogen-bond acceptors (Lipinski definition) is 4. The second-order valence-corrected chi connectivity index (χ2v) is 3.55. The fourth-order valence-corrected chi connectivity index (χ4v) is 1.45. The van der Waals surface area contributed by atoms with Gasteiger partial charge < -0.3 is 15.2 Å². The maximum Gasteiger partial charge on any atom is 0.306 e. The van der Waals surface area contributed by atoms with Crippen molar-refractivity contribution in [3.63, 3.8) is 0 Å². The summed E-state index contributed by atoms with van der Waals surface area (Å²) in [5, 5.41) is 0. The third-order valence-corrected chi connectivity index (χ3v) is 2.30. The van der Waals surface area contributed by atoms with Crippen molar-refractivity contribution in [3.8, 4) is 0 Å². The molecule has 1 heterocycles. The highest BCUT2D eigenvalue weighted by atomic mass is 16.5. The van der Waals surface area contributed by atoms with Crippen LogP contribution in [0.25, 0.3) is 0 Å². The first-order valence-corrected chi connectivity index (χ1v) is 5.30. The third kappa shape index (κ3) is 4.58. The minimum atomic E-state index is -0.0923. The molecule has 0 spiro atoms. The van der Waals surface area contributed by atoms with Gasteiger partial charge in [-0.15, -0.1) is 0 Å². The Labute approximate surface area is 84.7 Å². The molecule has 2 N–H and O–H groups in total. The van der Waals surface area contributed by atoms with Gasteiger partial charge in [-0.2, -0.15) is 0 Å². The molecule has 1 fully saturated rings. The van der Waals surface area contributed by atoms with Gasteiger partial charge in [0.15, 0.2) is 0 Å². The molecule has 1 aliphatic rings. The van der Waals surface area contributed by atoms with Crippen LogP contribution in [0.3, 0.4) is 0 Å². The van der Waals surface area contributed by atoms with E-state index in [1.165, 1.54) is 0 Å². The van der Waals surface area contributed by atoms with Crippen molar-refractivity contribution >= 4 is 5.97 Å². The lowest BCUT2D eigenvalue weighted by molar-refractivity contribution is -0.153. The first-order chi connectivity index (χ1) is 6.83. The van der Waals surface area contributed by atoms with Gasteiger partial charge in [0, 0.05) is 19.3 Å². The van der Waals surface area contributed by atoms with E-state index in [1.807, 2.05) is 0 Å². The predicted octanol–water partition coefficient (Wildman–Crippen LogP) is 0.838.